The van der Waals surface area contributed by atoms with Gasteiger partial charge in [-0.05, 0) is 18.6 Å². The molecule has 0 spiro atoms. The lowest BCUT2D eigenvalue weighted by Gasteiger charge is -2.05. The van der Waals surface area contributed by atoms with Crippen LogP contribution in [0.2, 0.25) is 10.2 Å². The van der Waals surface area contributed by atoms with Crippen molar-refractivity contribution in [3.05, 3.63) is 51.3 Å². The topological polar surface area (TPSA) is 41.6 Å². The molecule has 0 amide bonds. The van der Waals surface area contributed by atoms with Crippen molar-refractivity contribution < 1.29 is 0 Å². The summed E-state index contributed by atoms with van der Waals surface area (Å²) in [6, 6.07) is 9.52. The minimum atomic E-state index is 0.352. The molecule has 0 aliphatic carbocycles. The molecule has 0 saturated heterocycles. The molecule has 17 heavy (non-hydrogen) atoms. The molecule has 0 aliphatic rings. The first-order valence-electron chi connectivity index (χ1n) is 5.00. The maximum Gasteiger partial charge on any atom is 0.145 e. The number of rotatable bonds is 2. The standard InChI is InChI=1S/C12H9Cl2N3/c1-8-10(6-15)12(14)17(16-8)7-9-4-2-3-5-11(9)13/h2-5H,7H2,1H3. The highest BCUT2D eigenvalue weighted by molar-refractivity contribution is 6.31. The average molecular weight is 266 g/mol. The van der Waals surface area contributed by atoms with E-state index in [1.165, 1.54) is 0 Å². The van der Waals surface area contributed by atoms with Gasteiger partial charge >= 0.3 is 0 Å². The van der Waals surface area contributed by atoms with Gasteiger partial charge in [0.2, 0.25) is 0 Å². The molecule has 0 unspecified atom stereocenters. The van der Waals surface area contributed by atoms with Crippen molar-refractivity contribution in [2.24, 2.45) is 0 Å². The largest absolute Gasteiger partial charge is 0.248 e. The predicted octanol–water partition coefficient (Wildman–Crippen LogP) is 3.42. The van der Waals surface area contributed by atoms with E-state index in [0.717, 1.165) is 5.56 Å². The number of benzene rings is 1. The Labute approximate surface area is 109 Å². The first-order chi connectivity index (χ1) is 8.13. The molecule has 2 aromatic rings. The first kappa shape index (κ1) is 12.0. The number of hydrogen-bond acceptors (Lipinski definition) is 2. The zero-order valence-corrected chi connectivity index (χ0v) is 10.6. The highest BCUT2D eigenvalue weighted by Gasteiger charge is 2.13. The average Bonchev–Trinajstić information content (AvgIpc) is 2.57. The Hall–Kier alpha value is -1.50. The van der Waals surface area contributed by atoms with Crippen molar-refractivity contribution in [1.29, 1.82) is 5.26 Å². The quantitative estimate of drug-likeness (QED) is 0.835. The highest BCUT2D eigenvalue weighted by atomic mass is 35.5. The Bertz CT molecular complexity index is 596. The Kier molecular flexibility index (Phi) is 3.37. The molecule has 0 saturated carbocycles. The van der Waals surface area contributed by atoms with E-state index >= 15 is 0 Å². The van der Waals surface area contributed by atoms with Crippen LogP contribution in [-0.2, 0) is 6.54 Å². The van der Waals surface area contributed by atoms with E-state index in [1.807, 2.05) is 30.3 Å². The van der Waals surface area contributed by atoms with Gasteiger partial charge in [0.05, 0.1) is 12.2 Å². The fraction of sp³-hybridized carbons (Fsp3) is 0.167. The smallest absolute Gasteiger partial charge is 0.145 e. The van der Waals surface area contributed by atoms with Crippen molar-refractivity contribution in [1.82, 2.24) is 9.78 Å². The van der Waals surface area contributed by atoms with Crippen molar-refractivity contribution in [2.45, 2.75) is 13.5 Å². The predicted molar refractivity (Wildman–Crippen MR) is 67.2 cm³/mol. The summed E-state index contributed by atoms with van der Waals surface area (Å²) >= 11 is 12.1. The van der Waals surface area contributed by atoms with Crippen LogP contribution in [0.15, 0.2) is 24.3 Å². The van der Waals surface area contributed by atoms with Gasteiger partial charge in [0, 0.05) is 5.02 Å². The molecule has 1 aromatic heterocycles. The van der Waals surface area contributed by atoms with Gasteiger partial charge in [0.25, 0.3) is 0 Å². The highest BCUT2D eigenvalue weighted by Crippen LogP contribution is 2.22. The number of nitrogens with zero attached hydrogens (tertiary/aromatic N) is 3. The summed E-state index contributed by atoms with van der Waals surface area (Å²) in [4.78, 5) is 0. The molecule has 86 valence electrons. The van der Waals surface area contributed by atoms with E-state index in [9.17, 15) is 0 Å². The van der Waals surface area contributed by atoms with Gasteiger partial charge in [-0.25, -0.2) is 4.68 Å². The van der Waals surface area contributed by atoms with E-state index in [1.54, 1.807) is 11.6 Å². The third-order valence-electron chi connectivity index (χ3n) is 2.46. The van der Waals surface area contributed by atoms with Crippen LogP contribution < -0.4 is 0 Å². The second kappa shape index (κ2) is 4.79. The number of nitriles is 1. The first-order valence-corrected chi connectivity index (χ1v) is 5.75. The molecule has 0 aliphatic heterocycles. The normalized spacial score (nSPS) is 10.2. The van der Waals surface area contributed by atoms with Crippen molar-refractivity contribution in [3.63, 3.8) is 0 Å². The summed E-state index contributed by atoms with van der Waals surface area (Å²) in [6.45, 7) is 2.22. The summed E-state index contributed by atoms with van der Waals surface area (Å²) in [5.74, 6) is 0. The lowest BCUT2D eigenvalue weighted by atomic mass is 10.2. The minimum absolute atomic E-state index is 0.352. The molecule has 1 aromatic carbocycles. The second-order valence-electron chi connectivity index (χ2n) is 3.61. The fourth-order valence-electron chi connectivity index (χ4n) is 1.57. The van der Waals surface area contributed by atoms with Crippen LogP contribution in [0.25, 0.3) is 0 Å². The maximum atomic E-state index is 8.92. The molecule has 3 nitrogen and oxygen atoms in total. The molecule has 0 radical (unpaired) electrons. The molecule has 5 heteroatoms. The third-order valence-corrected chi connectivity index (χ3v) is 3.21. The van der Waals surface area contributed by atoms with Crippen LogP contribution >= 0.6 is 23.2 Å². The summed E-state index contributed by atoms with van der Waals surface area (Å²) in [7, 11) is 0. The SMILES string of the molecule is Cc1nn(Cc2ccccc2Cl)c(Cl)c1C#N. The number of hydrogen-bond donors (Lipinski definition) is 0. The molecule has 0 N–H and O–H groups in total. The molecular formula is C12H9Cl2N3. The van der Waals surface area contributed by atoms with Crippen LogP contribution in [0, 0.1) is 18.3 Å². The zero-order chi connectivity index (χ0) is 12.4. The van der Waals surface area contributed by atoms with Gasteiger partial charge in [-0.15, -0.1) is 0 Å². The van der Waals surface area contributed by atoms with Crippen molar-refractivity contribution in [2.75, 3.05) is 0 Å². The molecule has 0 atom stereocenters. The van der Waals surface area contributed by atoms with Gasteiger partial charge in [0.15, 0.2) is 0 Å². The Morgan fingerprint density at radius 3 is 2.65 bits per heavy atom. The molecule has 2 rings (SSSR count). The molecule has 1 heterocycles. The molecule has 0 bridgehead atoms. The Balaban J connectivity index is 2.38. The summed E-state index contributed by atoms with van der Waals surface area (Å²) < 4.78 is 1.58. The lowest BCUT2D eigenvalue weighted by Crippen LogP contribution is -2.02. The van der Waals surface area contributed by atoms with Gasteiger partial charge in [0.1, 0.15) is 16.8 Å². The summed E-state index contributed by atoms with van der Waals surface area (Å²) in [6.07, 6.45) is 0. The Morgan fingerprint density at radius 1 is 1.35 bits per heavy atom. The second-order valence-corrected chi connectivity index (χ2v) is 4.38. The van der Waals surface area contributed by atoms with Crippen LogP contribution in [-0.4, -0.2) is 9.78 Å². The lowest BCUT2D eigenvalue weighted by molar-refractivity contribution is 0.680. The van der Waals surface area contributed by atoms with Crippen LogP contribution in [0.4, 0.5) is 0 Å². The van der Waals surface area contributed by atoms with Gasteiger partial charge < -0.3 is 0 Å². The summed E-state index contributed by atoms with van der Waals surface area (Å²) in [5.41, 5.74) is 1.96. The van der Waals surface area contributed by atoms with Crippen LogP contribution in [0.3, 0.4) is 0 Å². The van der Waals surface area contributed by atoms with Crippen LogP contribution in [0.5, 0.6) is 0 Å². The van der Waals surface area contributed by atoms with E-state index < -0.39 is 0 Å². The van der Waals surface area contributed by atoms with E-state index in [2.05, 4.69) is 5.10 Å². The third kappa shape index (κ3) is 2.28. The number of halogens is 2. The number of aromatic nitrogens is 2. The van der Waals surface area contributed by atoms with Crippen LogP contribution in [0.1, 0.15) is 16.8 Å². The van der Waals surface area contributed by atoms with Gasteiger partial charge in [-0.2, -0.15) is 10.4 Å². The number of aryl methyl sites for hydroxylation is 1. The van der Waals surface area contributed by atoms with Gasteiger partial charge in [-0.3, -0.25) is 0 Å². The van der Waals surface area contributed by atoms with E-state index in [-0.39, 0.29) is 0 Å². The minimum Gasteiger partial charge on any atom is -0.248 e. The Morgan fingerprint density at radius 2 is 2.06 bits per heavy atom. The summed E-state index contributed by atoms with van der Waals surface area (Å²) in [5, 5.41) is 14.2. The van der Waals surface area contributed by atoms with E-state index in [0.29, 0.717) is 28.0 Å². The zero-order valence-electron chi connectivity index (χ0n) is 9.11. The monoisotopic (exact) mass is 265 g/mol. The van der Waals surface area contributed by atoms with E-state index in [4.69, 9.17) is 28.5 Å². The molecular weight excluding hydrogens is 257 g/mol. The fourth-order valence-corrected chi connectivity index (χ4v) is 2.05. The van der Waals surface area contributed by atoms with Gasteiger partial charge in [-0.1, -0.05) is 41.4 Å². The maximum absolute atomic E-state index is 8.92. The molecule has 0 fully saturated rings. The van der Waals surface area contributed by atoms with Crippen molar-refractivity contribution >= 4 is 23.2 Å². The van der Waals surface area contributed by atoms with Crippen molar-refractivity contribution in [3.8, 4) is 6.07 Å².